The minimum Gasteiger partial charge on any atom is -0.382 e. The highest BCUT2D eigenvalue weighted by atomic mass is 35.5. The van der Waals surface area contributed by atoms with Crippen molar-refractivity contribution < 1.29 is 9.47 Å². The Hall–Kier alpha value is -2.21. The zero-order chi connectivity index (χ0) is 16.8. The molecule has 124 valence electrons. The van der Waals surface area contributed by atoms with Crippen LogP contribution in [0, 0.1) is 0 Å². The number of benzene rings is 2. The van der Waals surface area contributed by atoms with Gasteiger partial charge in [0, 0.05) is 13.3 Å². The molecule has 0 amide bonds. The van der Waals surface area contributed by atoms with Gasteiger partial charge >= 0.3 is 0 Å². The molecule has 0 aliphatic carbocycles. The fourth-order valence-corrected chi connectivity index (χ4v) is 2.46. The van der Waals surface area contributed by atoms with E-state index in [0.29, 0.717) is 30.7 Å². The van der Waals surface area contributed by atoms with Gasteiger partial charge in [-0.15, -0.1) is 0 Å². The van der Waals surface area contributed by atoms with Gasteiger partial charge in [0.05, 0.1) is 41.3 Å². The first-order valence-electron chi connectivity index (χ1n) is 7.58. The van der Waals surface area contributed by atoms with Crippen molar-refractivity contribution in [3.8, 4) is 0 Å². The van der Waals surface area contributed by atoms with Crippen molar-refractivity contribution in [1.29, 1.82) is 0 Å². The number of imidazole rings is 1. The first-order chi connectivity index (χ1) is 11.8. The van der Waals surface area contributed by atoms with Crippen LogP contribution in [0.3, 0.4) is 0 Å². The number of nitrogens with zero attached hydrogens (tertiary/aromatic N) is 3. The van der Waals surface area contributed by atoms with Crippen molar-refractivity contribution >= 4 is 34.5 Å². The van der Waals surface area contributed by atoms with Gasteiger partial charge in [-0.1, -0.05) is 41.9 Å². The standard InChI is InChI=1S/C18H18ClN3O2/c1-23-7-8-24-13-22-12-21-17-10-16(15(19)9-18(17)22)20-11-14-5-3-2-4-6-14/h2-6,9-12H,7-8,13H2,1H3. The van der Waals surface area contributed by atoms with Crippen LogP contribution in [0.25, 0.3) is 11.0 Å². The first kappa shape index (κ1) is 16.6. The highest BCUT2D eigenvalue weighted by Gasteiger charge is 2.07. The van der Waals surface area contributed by atoms with E-state index in [9.17, 15) is 0 Å². The summed E-state index contributed by atoms with van der Waals surface area (Å²) in [6, 6.07) is 13.6. The largest absolute Gasteiger partial charge is 0.382 e. The van der Waals surface area contributed by atoms with E-state index in [0.717, 1.165) is 16.6 Å². The van der Waals surface area contributed by atoms with Crippen molar-refractivity contribution in [3.05, 3.63) is 59.4 Å². The van der Waals surface area contributed by atoms with Crippen molar-refractivity contribution in [2.75, 3.05) is 20.3 Å². The molecule has 0 atom stereocenters. The van der Waals surface area contributed by atoms with Crippen LogP contribution in [0.2, 0.25) is 5.02 Å². The molecule has 24 heavy (non-hydrogen) atoms. The van der Waals surface area contributed by atoms with E-state index < -0.39 is 0 Å². The Morgan fingerprint density at radius 3 is 2.83 bits per heavy atom. The number of aromatic nitrogens is 2. The molecule has 0 radical (unpaired) electrons. The summed E-state index contributed by atoms with van der Waals surface area (Å²) in [6.45, 7) is 1.50. The second-order valence-corrected chi connectivity index (χ2v) is 5.61. The summed E-state index contributed by atoms with van der Waals surface area (Å²) >= 11 is 6.37. The summed E-state index contributed by atoms with van der Waals surface area (Å²) in [6.07, 6.45) is 3.52. The lowest BCUT2D eigenvalue weighted by atomic mass is 10.2. The summed E-state index contributed by atoms with van der Waals surface area (Å²) in [5.41, 5.74) is 3.45. The van der Waals surface area contributed by atoms with Crippen LogP contribution in [0.1, 0.15) is 5.56 Å². The Balaban J connectivity index is 1.79. The van der Waals surface area contributed by atoms with E-state index in [2.05, 4.69) is 9.98 Å². The second kappa shape index (κ2) is 8.06. The van der Waals surface area contributed by atoms with Crippen LogP contribution in [0.5, 0.6) is 0 Å². The highest BCUT2D eigenvalue weighted by molar-refractivity contribution is 6.33. The van der Waals surface area contributed by atoms with E-state index in [1.54, 1.807) is 19.7 Å². The van der Waals surface area contributed by atoms with Crippen LogP contribution in [-0.4, -0.2) is 36.1 Å². The fourth-order valence-electron chi connectivity index (χ4n) is 2.26. The van der Waals surface area contributed by atoms with Crippen molar-refractivity contribution in [2.45, 2.75) is 6.73 Å². The summed E-state index contributed by atoms with van der Waals surface area (Å²) in [7, 11) is 1.65. The lowest BCUT2D eigenvalue weighted by molar-refractivity contribution is 0.0358. The minimum absolute atomic E-state index is 0.406. The maximum absolute atomic E-state index is 6.37. The molecular formula is C18H18ClN3O2. The molecule has 1 heterocycles. The zero-order valence-corrected chi connectivity index (χ0v) is 14.1. The Bertz CT molecular complexity index is 831. The molecule has 0 aliphatic heterocycles. The molecule has 0 bridgehead atoms. The smallest absolute Gasteiger partial charge is 0.124 e. The first-order valence-corrected chi connectivity index (χ1v) is 7.96. The quantitative estimate of drug-likeness (QED) is 0.480. The molecule has 5 nitrogen and oxygen atoms in total. The van der Waals surface area contributed by atoms with Gasteiger partial charge in [-0.25, -0.2) is 4.98 Å². The number of hydrogen-bond donors (Lipinski definition) is 0. The van der Waals surface area contributed by atoms with Crippen LogP contribution >= 0.6 is 11.6 Å². The normalized spacial score (nSPS) is 11.6. The number of methoxy groups -OCH3 is 1. The van der Waals surface area contributed by atoms with E-state index >= 15 is 0 Å². The highest BCUT2D eigenvalue weighted by Crippen LogP contribution is 2.30. The Labute approximate surface area is 145 Å². The second-order valence-electron chi connectivity index (χ2n) is 5.21. The SMILES string of the molecule is COCCOCn1cnc2cc(N=Cc3ccccc3)c(Cl)cc21. The van der Waals surface area contributed by atoms with Crippen molar-refractivity contribution in [1.82, 2.24) is 9.55 Å². The van der Waals surface area contributed by atoms with Crippen LogP contribution in [0.15, 0.2) is 53.8 Å². The summed E-state index contributed by atoms with van der Waals surface area (Å²) in [4.78, 5) is 8.86. The summed E-state index contributed by atoms with van der Waals surface area (Å²) in [5.74, 6) is 0. The summed E-state index contributed by atoms with van der Waals surface area (Å²) in [5, 5.41) is 0.577. The van der Waals surface area contributed by atoms with Crippen molar-refractivity contribution in [2.24, 2.45) is 4.99 Å². The maximum Gasteiger partial charge on any atom is 0.124 e. The van der Waals surface area contributed by atoms with Gasteiger partial charge in [0.2, 0.25) is 0 Å². The fraction of sp³-hybridized carbons (Fsp3) is 0.222. The van der Waals surface area contributed by atoms with Gasteiger partial charge in [-0.2, -0.15) is 0 Å². The van der Waals surface area contributed by atoms with Gasteiger partial charge < -0.3 is 14.0 Å². The molecule has 0 aliphatic rings. The Kier molecular flexibility index (Phi) is 5.59. The molecule has 3 aromatic rings. The molecule has 0 saturated heterocycles. The molecule has 0 spiro atoms. The van der Waals surface area contributed by atoms with Gasteiger partial charge in [-0.3, -0.25) is 4.99 Å². The van der Waals surface area contributed by atoms with Crippen molar-refractivity contribution in [3.63, 3.8) is 0 Å². The molecule has 0 saturated carbocycles. The summed E-state index contributed by atoms with van der Waals surface area (Å²) < 4.78 is 12.4. The Morgan fingerprint density at radius 1 is 1.21 bits per heavy atom. The van der Waals surface area contributed by atoms with Crippen LogP contribution < -0.4 is 0 Å². The molecule has 0 fully saturated rings. The average Bonchev–Trinajstić information content (AvgIpc) is 2.99. The van der Waals surface area contributed by atoms with E-state index in [-0.39, 0.29) is 0 Å². The third-order valence-electron chi connectivity index (χ3n) is 3.50. The van der Waals surface area contributed by atoms with Gasteiger partial charge in [0.25, 0.3) is 0 Å². The number of halogens is 1. The third-order valence-corrected chi connectivity index (χ3v) is 3.81. The molecule has 3 rings (SSSR count). The average molecular weight is 344 g/mol. The zero-order valence-electron chi connectivity index (χ0n) is 13.4. The van der Waals surface area contributed by atoms with E-state index in [1.807, 2.05) is 47.0 Å². The Morgan fingerprint density at radius 2 is 2.04 bits per heavy atom. The molecule has 0 N–H and O–H groups in total. The lowest BCUT2D eigenvalue weighted by Gasteiger charge is -2.06. The molecule has 2 aromatic carbocycles. The third kappa shape index (κ3) is 4.00. The van der Waals surface area contributed by atoms with Crippen LogP contribution in [-0.2, 0) is 16.2 Å². The van der Waals surface area contributed by atoms with E-state index in [4.69, 9.17) is 21.1 Å². The number of ether oxygens (including phenoxy) is 2. The van der Waals surface area contributed by atoms with E-state index in [1.165, 1.54) is 0 Å². The van der Waals surface area contributed by atoms with Crippen LogP contribution in [0.4, 0.5) is 5.69 Å². The number of hydrogen-bond acceptors (Lipinski definition) is 4. The predicted octanol–water partition coefficient (Wildman–Crippen LogP) is 4.06. The number of aliphatic imine (C=N–C) groups is 1. The molecular weight excluding hydrogens is 326 g/mol. The van der Waals surface area contributed by atoms with Gasteiger partial charge in [0.1, 0.15) is 6.73 Å². The van der Waals surface area contributed by atoms with Gasteiger partial charge in [-0.05, 0) is 17.7 Å². The molecule has 6 heteroatoms. The van der Waals surface area contributed by atoms with Gasteiger partial charge in [0.15, 0.2) is 0 Å². The number of fused-ring (bicyclic) bond motifs is 1. The monoisotopic (exact) mass is 343 g/mol. The predicted molar refractivity (Wildman–Crippen MR) is 96.3 cm³/mol. The number of rotatable bonds is 7. The molecule has 0 unspecified atom stereocenters. The maximum atomic E-state index is 6.37. The minimum atomic E-state index is 0.406. The lowest BCUT2D eigenvalue weighted by Crippen LogP contribution is -2.06. The molecule has 1 aromatic heterocycles. The topological polar surface area (TPSA) is 48.6 Å².